The summed E-state index contributed by atoms with van der Waals surface area (Å²) in [5.74, 6) is 0. The molecular formula is H4O7PV. The zero-order chi connectivity index (χ0) is 4.50. The maximum Gasteiger partial charge on any atom is 5.00 e. The van der Waals surface area contributed by atoms with Crippen LogP contribution in [0.5, 0.6) is 0 Å². The summed E-state index contributed by atoms with van der Waals surface area (Å²) in [6.07, 6.45) is 0. The fourth-order valence-electron chi connectivity index (χ4n) is 0. The zero-order valence-electron chi connectivity index (χ0n) is 3.94. The van der Waals surface area contributed by atoms with Crippen LogP contribution in [-0.4, -0.2) is 11.0 Å². The molecule has 9 heteroatoms. The van der Waals surface area contributed by atoms with E-state index in [0.717, 1.165) is 0 Å². The van der Waals surface area contributed by atoms with Crippen molar-refractivity contribution in [3.8, 4) is 0 Å². The standard InChI is InChI=1S/H3O4P.2H2O.O.V/c1-5(2,3)4;;;;/h(H3,1,2,3,4);2*1H2;;/q;;;-2;+5/p-3. The zero-order valence-corrected chi connectivity index (χ0v) is 6.23. The first-order valence-electron chi connectivity index (χ1n) is 0.730. The molecule has 0 heterocycles. The third kappa shape index (κ3) is 1120. The summed E-state index contributed by atoms with van der Waals surface area (Å²) in [6, 6.07) is 0. The van der Waals surface area contributed by atoms with Crippen molar-refractivity contribution in [3.05, 3.63) is 0 Å². The molecule has 0 aliphatic carbocycles. The summed E-state index contributed by atoms with van der Waals surface area (Å²) in [5.41, 5.74) is 0. The molecular weight excluding hydrogens is 194 g/mol. The van der Waals surface area contributed by atoms with Crippen LogP contribution in [0.1, 0.15) is 0 Å². The molecule has 7 nitrogen and oxygen atoms in total. The SMILES string of the molecule is O.O.O=P([O-])([O-])[O-].[O-2].[V+5]. The van der Waals surface area contributed by atoms with Gasteiger partial charge in [0.1, 0.15) is 0 Å². The van der Waals surface area contributed by atoms with Gasteiger partial charge in [0, 0.05) is 0 Å². The van der Waals surface area contributed by atoms with Gasteiger partial charge in [0.2, 0.25) is 0 Å². The Balaban J connectivity index is -0.0000000133. The van der Waals surface area contributed by atoms with Gasteiger partial charge in [-0.05, 0) is 0 Å². The van der Waals surface area contributed by atoms with E-state index in [4.69, 9.17) is 19.2 Å². The van der Waals surface area contributed by atoms with Crippen LogP contribution < -0.4 is 14.7 Å². The first kappa shape index (κ1) is 33.6. The van der Waals surface area contributed by atoms with Crippen molar-refractivity contribution in [1.82, 2.24) is 0 Å². The van der Waals surface area contributed by atoms with Crippen LogP contribution >= 0.6 is 7.82 Å². The average Bonchev–Trinajstić information content (AvgIpc) is 0.722. The second-order valence-electron chi connectivity index (χ2n) is 0.447. The van der Waals surface area contributed by atoms with Crippen molar-refractivity contribution >= 4 is 7.82 Å². The molecule has 0 bridgehead atoms. The molecule has 0 aliphatic heterocycles. The van der Waals surface area contributed by atoms with Crippen LogP contribution in [0.15, 0.2) is 0 Å². The Morgan fingerprint density at radius 1 is 1.00 bits per heavy atom. The molecule has 0 aromatic rings. The van der Waals surface area contributed by atoms with E-state index in [1.54, 1.807) is 0 Å². The maximum atomic E-state index is 8.55. The summed E-state index contributed by atoms with van der Waals surface area (Å²) < 4.78 is 8.55. The van der Waals surface area contributed by atoms with Crippen LogP contribution in [0.2, 0.25) is 0 Å². The van der Waals surface area contributed by atoms with Gasteiger partial charge in [0.25, 0.3) is 0 Å². The fraction of sp³-hybridized carbons (Fsp3) is 0. The smallest absolute Gasteiger partial charge is 2.00 e. The first-order chi connectivity index (χ1) is 2.00. The van der Waals surface area contributed by atoms with E-state index in [1.165, 1.54) is 0 Å². The van der Waals surface area contributed by atoms with E-state index in [-0.39, 0.29) is 35.0 Å². The molecule has 0 aliphatic rings. The quantitative estimate of drug-likeness (QED) is 0.355. The number of hydrogen-bond donors (Lipinski definition) is 0. The van der Waals surface area contributed by atoms with Gasteiger partial charge in [-0.1, -0.05) is 0 Å². The Hall–Kier alpha value is 0.574. The molecule has 0 atom stereocenters. The molecule has 9 heavy (non-hydrogen) atoms. The second kappa shape index (κ2) is 11.4. The van der Waals surface area contributed by atoms with E-state index < -0.39 is 7.82 Å². The monoisotopic (exact) mass is 198 g/mol. The maximum absolute atomic E-state index is 8.55. The van der Waals surface area contributed by atoms with Gasteiger partial charge in [-0.2, -0.15) is 7.82 Å². The van der Waals surface area contributed by atoms with E-state index >= 15 is 0 Å². The van der Waals surface area contributed by atoms with E-state index in [1.807, 2.05) is 0 Å². The number of hydrogen-bond acceptors (Lipinski definition) is 4. The third-order valence-electron chi connectivity index (χ3n) is 0. The van der Waals surface area contributed by atoms with Gasteiger partial charge < -0.3 is 35.7 Å². The van der Waals surface area contributed by atoms with Crippen molar-refractivity contribution < 1.29 is 54.2 Å². The molecule has 0 spiro atoms. The molecule has 0 rings (SSSR count). The van der Waals surface area contributed by atoms with Crippen molar-refractivity contribution in [2.24, 2.45) is 0 Å². The van der Waals surface area contributed by atoms with E-state index in [2.05, 4.69) is 0 Å². The Labute approximate surface area is 62.8 Å². The molecule has 4 N–H and O–H groups in total. The predicted molar refractivity (Wildman–Crippen MR) is 15.5 cm³/mol. The normalized spacial score (nSPS) is 6.56. The van der Waals surface area contributed by atoms with E-state index in [0.29, 0.717) is 0 Å². The summed E-state index contributed by atoms with van der Waals surface area (Å²) in [6.45, 7) is 0. The summed E-state index contributed by atoms with van der Waals surface area (Å²) in [5, 5.41) is 0. The molecule has 0 fully saturated rings. The van der Waals surface area contributed by atoms with Crippen LogP contribution in [0.4, 0.5) is 0 Å². The van der Waals surface area contributed by atoms with Gasteiger partial charge in [0.05, 0.1) is 0 Å². The first-order valence-corrected chi connectivity index (χ1v) is 2.19. The minimum atomic E-state index is -5.39. The molecule has 56 valence electrons. The number of rotatable bonds is 0. The van der Waals surface area contributed by atoms with Gasteiger partial charge in [-0.3, -0.25) is 0 Å². The van der Waals surface area contributed by atoms with Gasteiger partial charge in [-0.15, -0.1) is 0 Å². The van der Waals surface area contributed by atoms with Crippen LogP contribution in [0.25, 0.3) is 0 Å². The predicted octanol–water partition coefficient (Wildman–Crippen LogP) is -4.60. The van der Waals surface area contributed by atoms with Crippen LogP contribution in [0, 0.1) is 0 Å². The van der Waals surface area contributed by atoms with E-state index in [9.17, 15) is 0 Å². The molecule has 0 saturated heterocycles. The van der Waals surface area contributed by atoms with Gasteiger partial charge in [0.15, 0.2) is 0 Å². The molecule has 0 radical (unpaired) electrons. The van der Waals surface area contributed by atoms with Crippen molar-refractivity contribution in [3.63, 3.8) is 0 Å². The van der Waals surface area contributed by atoms with Crippen molar-refractivity contribution in [2.75, 3.05) is 0 Å². The summed E-state index contributed by atoms with van der Waals surface area (Å²) >= 11 is 0. The molecule has 0 unspecified atom stereocenters. The largest absolute Gasteiger partial charge is 5.00 e. The number of phosphoric acid groups is 1. The fourth-order valence-corrected chi connectivity index (χ4v) is 0. The van der Waals surface area contributed by atoms with Crippen LogP contribution in [-0.2, 0) is 28.6 Å². The Bertz CT molecular complexity index is 55.1. The van der Waals surface area contributed by atoms with Crippen molar-refractivity contribution in [1.29, 1.82) is 0 Å². The Morgan fingerprint density at radius 2 is 1.00 bits per heavy atom. The molecule has 0 saturated carbocycles. The summed E-state index contributed by atoms with van der Waals surface area (Å²) in [4.78, 5) is 25.6. The third-order valence-corrected chi connectivity index (χ3v) is 0. The minimum Gasteiger partial charge on any atom is -2.00 e. The Kier molecular flexibility index (Phi) is 42.5. The summed E-state index contributed by atoms with van der Waals surface area (Å²) in [7, 11) is -5.39. The molecule has 0 aromatic heterocycles. The average molecular weight is 198 g/mol. The second-order valence-corrected chi connectivity index (χ2v) is 1.34. The topological polar surface area (TPSA) is 178 Å². The molecule has 0 amide bonds. The van der Waals surface area contributed by atoms with Gasteiger partial charge in [-0.25, -0.2) is 0 Å². The van der Waals surface area contributed by atoms with Crippen LogP contribution in [0.3, 0.4) is 0 Å². The Morgan fingerprint density at radius 3 is 1.00 bits per heavy atom. The van der Waals surface area contributed by atoms with Gasteiger partial charge >= 0.3 is 18.6 Å². The minimum absolute atomic E-state index is 0. The van der Waals surface area contributed by atoms with Crippen molar-refractivity contribution in [2.45, 2.75) is 0 Å². The molecule has 0 aromatic carbocycles.